The lowest BCUT2D eigenvalue weighted by molar-refractivity contribution is -0.182. The number of carbonyl (C=O) groups excluding carboxylic acids is 1. The molecule has 1 heterocycles. The van der Waals surface area contributed by atoms with Gasteiger partial charge in [0.25, 0.3) is 5.91 Å². The van der Waals surface area contributed by atoms with Gasteiger partial charge < -0.3 is 5.32 Å². The Kier molecular flexibility index (Phi) is 4.55. The number of nitrogens with zero attached hydrogens (tertiary/aromatic N) is 3. The summed E-state index contributed by atoms with van der Waals surface area (Å²) in [7, 11) is 0. The van der Waals surface area contributed by atoms with Crippen molar-refractivity contribution < 1.29 is 18.0 Å². The van der Waals surface area contributed by atoms with Crippen molar-refractivity contribution in [3.05, 3.63) is 42.2 Å². The van der Waals surface area contributed by atoms with Crippen LogP contribution in [0.15, 0.2) is 36.5 Å². The summed E-state index contributed by atoms with van der Waals surface area (Å²) >= 11 is 0. The van der Waals surface area contributed by atoms with Gasteiger partial charge in [0.2, 0.25) is 0 Å². The first-order valence-electron chi connectivity index (χ1n) is 7.79. The highest BCUT2D eigenvalue weighted by atomic mass is 19.4. The van der Waals surface area contributed by atoms with Gasteiger partial charge in [-0.15, -0.1) is 5.10 Å². The highest BCUT2D eigenvalue weighted by Gasteiger charge is 2.41. The van der Waals surface area contributed by atoms with E-state index in [1.807, 2.05) is 30.3 Å². The first kappa shape index (κ1) is 16.5. The average Bonchev–Trinajstić information content (AvgIpc) is 3.05. The quantitative estimate of drug-likeness (QED) is 0.935. The fourth-order valence-electron chi connectivity index (χ4n) is 2.90. The fourth-order valence-corrected chi connectivity index (χ4v) is 2.90. The molecule has 5 nitrogen and oxygen atoms in total. The summed E-state index contributed by atoms with van der Waals surface area (Å²) in [6.07, 6.45) is -1.90. The number of alkyl halides is 3. The molecule has 0 aliphatic heterocycles. The molecule has 1 N–H and O–H groups in total. The minimum absolute atomic E-state index is 0.0468. The largest absolute Gasteiger partial charge is 0.391 e. The van der Waals surface area contributed by atoms with Gasteiger partial charge in [-0.05, 0) is 37.8 Å². The topological polar surface area (TPSA) is 59.8 Å². The summed E-state index contributed by atoms with van der Waals surface area (Å²) in [5.41, 5.74) is 0.923. The number of carbonyl (C=O) groups is 1. The van der Waals surface area contributed by atoms with Crippen molar-refractivity contribution in [1.82, 2.24) is 20.3 Å². The van der Waals surface area contributed by atoms with E-state index in [2.05, 4.69) is 15.6 Å². The molecule has 1 aromatic heterocycles. The molecule has 8 heteroatoms. The van der Waals surface area contributed by atoms with Crippen molar-refractivity contribution in [2.75, 3.05) is 0 Å². The molecule has 0 unspecified atom stereocenters. The van der Waals surface area contributed by atoms with Gasteiger partial charge in [0.05, 0.1) is 17.8 Å². The van der Waals surface area contributed by atoms with E-state index in [9.17, 15) is 18.0 Å². The summed E-state index contributed by atoms with van der Waals surface area (Å²) < 4.78 is 39.4. The Bertz CT molecular complexity index is 691. The van der Waals surface area contributed by atoms with Crippen LogP contribution in [-0.2, 0) is 0 Å². The number of benzene rings is 1. The normalized spacial score (nSPS) is 21.5. The number of halogens is 3. The second kappa shape index (κ2) is 6.62. The molecule has 1 saturated carbocycles. The zero-order valence-electron chi connectivity index (χ0n) is 12.8. The van der Waals surface area contributed by atoms with Gasteiger partial charge >= 0.3 is 6.18 Å². The Balaban J connectivity index is 1.58. The van der Waals surface area contributed by atoms with E-state index in [-0.39, 0.29) is 24.6 Å². The van der Waals surface area contributed by atoms with Crippen LogP contribution in [0, 0.1) is 5.92 Å². The standard InChI is InChI=1S/C16H17F3N4O/c17-16(18,19)11-6-8-12(9-7-11)20-15(24)14-10-23(22-21-14)13-4-2-1-3-5-13/h1-5,10-12H,6-9H2,(H,20,24). The molecule has 1 aliphatic carbocycles. The molecule has 1 aliphatic rings. The zero-order valence-corrected chi connectivity index (χ0v) is 12.8. The third-order valence-corrected chi connectivity index (χ3v) is 4.27. The summed E-state index contributed by atoms with van der Waals surface area (Å²) in [6, 6.07) is 8.96. The highest BCUT2D eigenvalue weighted by Crippen LogP contribution is 2.37. The number of para-hydroxylation sites is 1. The molecule has 1 aromatic carbocycles. The average molecular weight is 338 g/mol. The fraction of sp³-hybridized carbons (Fsp3) is 0.438. The van der Waals surface area contributed by atoms with E-state index in [0.717, 1.165) is 5.69 Å². The van der Waals surface area contributed by atoms with Crippen LogP contribution in [0.5, 0.6) is 0 Å². The monoisotopic (exact) mass is 338 g/mol. The third-order valence-electron chi connectivity index (χ3n) is 4.27. The molecule has 24 heavy (non-hydrogen) atoms. The zero-order chi connectivity index (χ0) is 17.2. The third kappa shape index (κ3) is 3.74. The van der Waals surface area contributed by atoms with E-state index in [1.54, 1.807) is 0 Å². The van der Waals surface area contributed by atoms with Crippen LogP contribution in [0.4, 0.5) is 13.2 Å². The molecule has 3 rings (SSSR count). The van der Waals surface area contributed by atoms with Gasteiger partial charge in [0.15, 0.2) is 5.69 Å². The van der Waals surface area contributed by atoms with Crippen molar-refractivity contribution in [2.24, 2.45) is 5.92 Å². The second-order valence-corrected chi connectivity index (χ2v) is 5.95. The molecule has 0 bridgehead atoms. The maximum absolute atomic E-state index is 12.7. The number of rotatable bonds is 3. The van der Waals surface area contributed by atoms with E-state index in [4.69, 9.17) is 0 Å². The van der Waals surface area contributed by atoms with Crippen molar-refractivity contribution in [2.45, 2.75) is 37.9 Å². The Morgan fingerprint density at radius 1 is 1.12 bits per heavy atom. The predicted octanol–water partition coefficient (Wildman–Crippen LogP) is 3.12. The first-order chi connectivity index (χ1) is 11.4. The SMILES string of the molecule is O=C(NC1CCC(C(F)(F)F)CC1)c1cn(-c2ccccc2)nn1. The van der Waals surface area contributed by atoms with Crippen LogP contribution in [0.25, 0.3) is 5.69 Å². The van der Waals surface area contributed by atoms with Crippen molar-refractivity contribution >= 4 is 5.91 Å². The lowest BCUT2D eigenvalue weighted by Gasteiger charge is -2.30. The molecule has 1 fully saturated rings. The molecule has 0 spiro atoms. The van der Waals surface area contributed by atoms with Gasteiger partial charge in [-0.25, -0.2) is 4.68 Å². The van der Waals surface area contributed by atoms with Crippen molar-refractivity contribution in [3.8, 4) is 5.69 Å². The smallest absolute Gasteiger partial charge is 0.348 e. The molecule has 0 radical (unpaired) electrons. The Morgan fingerprint density at radius 3 is 2.42 bits per heavy atom. The Morgan fingerprint density at radius 2 is 1.79 bits per heavy atom. The lowest BCUT2D eigenvalue weighted by atomic mass is 9.85. The van der Waals surface area contributed by atoms with Crippen LogP contribution in [0.2, 0.25) is 0 Å². The van der Waals surface area contributed by atoms with Gasteiger partial charge in [0, 0.05) is 6.04 Å². The summed E-state index contributed by atoms with van der Waals surface area (Å²) in [5.74, 6) is -1.67. The van der Waals surface area contributed by atoms with Crippen molar-refractivity contribution in [1.29, 1.82) is 0 Å². The van der Waals surface area contributed by atoms with E-state index in [0.29, 0.717) is 12.8 Å². The molecule has 1 amide bonds. The molecule has 0 atom stereocenters. The Hall–Kier alpha value is -2.38. The van der Waals surface area contributed by atoms with Crippen LogP contribution < -0.4 is 5.32 Å². The number of hydrogen-bond donors (Lipinski definition) is 1. The van der Waals surface area contributed by atoms with Gasteiger partial charge in [0.1, 0.15) is 0 Å². The minimum atomic E-state index is -4.15. The molecule has 2 aromatic rings. The summed E-state index contributed by atoms with van der Waals surface area (Å²) in [5, 5.41) is 10.5. The number of aromatic nitrogens is 3. The lowest BCUT2D eigenvalue weighted by Crippen LogP contribution is -2.40. The maximum Gasteiger partial charge on any atom is 0.391 e. The molecular weight excluding hydrogens is 321 g/mol. The number of amides is 1. The minimum Gasteiger partial charge on any atom is -0.348 e. The molecule has 128 valence electrons. The van der Waals surface area contributed by atoms with Crippen molar-refractivity contribution in [3.63, 3.8) is 0 Å². The number of nitrogens with one attached hydrogen (secondary N) is 1. The van der Waals surface area contributed by atoms with E-state index in [1.165, 1.54) is 10.9 Å². The second-order valence-electron chi connectivity index (χ2n) is 5.95. The van der Waals surface area contributed by atoms with Crippen LogP contribution in [-0.4, -0.2) is 33.1 Å². The summed E-state index contributed by atoms with van der Waals surface area (Å²) in [4.78, 5) is 12.2. The molecular formula is C16H17F3N4O. The van der Waals surface area contributed by atoms with Gasteiger partial charge in [-0.1, -0.05) is 23.4 Å². The highest BCUT2D eigenvalue weighted by molar-refractivity contribution is 5.92. The van der Waals surface area contributed by atoms with Gasteiger partial charge in [-0.3, -0.25) is 4.79 Å². The van der Waals surface area contributed by atoms with Gasteiger partial charge in [-0.2, -0.15) is 13.2 Å². The molecule has 0 saturated heterocycles. The Labute approximate surface area is 136 Å². The summed E-state index contributed by atoms with van der Waals surface area (Å²) in [6.45, 7) is 0. The maximum atomic E-state index is 12.7. The van der Waals surface area contributed by atoms with E-state index >= 15 is 0 Å². The first-order valence-corrected chi connectivity index (χ1v) is 7.79. The van der Waals surface area contributed by atoms with Crippen LogP contribution >= 0.6 is 0 Å². The van der Waals surface area contributed by atoms with Crippen LogP contribution in [0.3, 0.4) is 0 Å². The van der Waals surface area contributed by atoms with Crippen LogP contribution in [0.1, 0.15) is 36.2 Å². The predicted molar refractivity (Wildman–Crippen MR) is 80.6 cm³/mol. The number of hydrogen-bond acceptors (Lipinski definition) is 3. The van der Waals surface area contributed by atoms with E-state index < -0.39 is 18.0 Å².